The molecule has 2 aromatic carbocycles. The number of rotatable bonds is 8. The van der Waals surface area contributed by atoms with Crippen LogP contribution < -0.4 is 15.4 Å². The van der Waals surface area contributed by atoms with Crippen LogP contribution >= 0.6 is 11.6 Å². The number of amides is 2. The van der Waals surface area contributed by atoms with Crippen molar-refractivity contribution < 1.29 is 23.9 Å². The second kappa shape index (κ2) is 10.3. The number of carbonyl (C=O) groups is 3. The van der Waals surface area contributed by atoms with Crippen molar-refractivity contribution in [1.82, 2.24) is 5.32 Å². The molecular weight excluding hydrogens is 384 g/mol. The minimum Gasteiger partial charge on any atom is -0.492 e. The molecule has 1 atom stereocenters. The van der Waals surface area contributed by atoms with Crippen LogP contribution in [0.2, 0.25) is 5.02 Å². The minimum absolute atomic E-state index is 0.245. The lowest BCUT2D eigenvalue weighted by Crippen LogP contribution is -2.40. The number of hydrogen-bond donors (Lipinski definition) is 2. The van der Waals surface area contributed by atoms with Crippen LogP contribution in [0.3, 0.4) is 0 Å². The highest BCUT2D eigenvalue weighted by Crippen LogP contribution is 2.23. The van der Waals surface area contributed by atoms with Gasteiger partial charge in [-0.05, 0) is 38.1 Å². The summed E-state index contributed by atoms with van der Waals surface area (Å²) < 4.78 is 10.4. The normalized spacial score (nSPS) is 11.2. The number of ether oxygens (including phenoxy) is 2. The highest BCUT2D eigenvalue weighted by molar-refractivity contribution is 6.33. The molecular formula is C20H21ClN2O5. The first-order valence-electron chi connectivity index (χ1n) is 8.66. The van der Waals surface area contributed by atoms with Gasteiger partial charge in [0.25, 0.3) is 11.8 Å². The molecule has 148 valence electrons. The summed E-state index contributed by atoms with van der Waals surface area (Å²) in [7, 11) is 0. The molecule has 2 amide bonds. The molecule has 2 aromatic rings. The average Bonchev–Trinajstić information content (AvgIpc) is 2.68. The van der Waals surface area contributed by atoms with Gasteiger partial charge < -0.3 is 20.1 Å². The van der Waals surface area contributed by atoms with Crippen molar-refractivity contribution in [2.24, 2.45) is 0 Å². The van der Waals surface area contributed by atoms with E-state index in [0.29, 0.717) is 18.0 Å². The van der Waals surface area contributed by atoms with Crippen LogP contribution in [-0.4, -0.2) is 37.0 Å². The molecule has 0 aromatic heterocycles. The summed E-state index contributed by atoms with van der Waals surface area (Å²) in [5.74, 6) is -1.26. The number of nitrogens with one attached hydrogen (secondary N) is 2. The maximum atomic E-state index is 12.2. The highest BCUT2D eigenvalue weighted by atomic mass is 35.5. The van der Waals surface area contributed by atoms with E-state index in [-0.39, 0.29) is 10.6 Å². The van der Waals surface area contributed by atoms with Gasteiger partial charge in [0.1, 0.15) is 11.8 Å². The second-order valence-corrected chi connectivity index (χ2v) is 6.17. The molecule has 0 radical (unpaired) electrons. The predicted molar refractivity (Wildman–Crippen MR) is 106 cm³/mol. The van der Waals surface area contributed by atoms with Crippen molar-refractivity contribution in [3.05, 3.63) is 59.1 Å². The molecule has 0 saturated heterocycles. The van der Waals surface area contributed by atoms with Gasteiger partial charge in [0, 0.05) is 0 Å². The van der Waals surface area contributed by atoms with Crippen molar-refractivity contribution in [3.63, 3.8) is 0 Å². The Bertz CT molecular complexity index is 856. The van der Waals surface area contributed by atoms with Crippen LogP contribution in [0.1, 0.15) is 24.2 Å². The van der Waals surface area contributed by atoms with E-state index in [0.717, 1.165) is 0 Å². The van der Waals surface area contributed by atoms with Gasteiger partial charge >= 0.3 is 5.97 Å². The summed E-state index contributed by atoms with van der Waals surface area (Å²) in [6.45, 7) is 3.24. The van der Waals surface area contributed by atoms with Gasteiger partial charge in [0.05, 0.1) is 22.9 Å². The van der Waals surface area contributed by atoms with E-state index in [4.69, 9.17) is 21.1 Å². The fraction of sp³-hybridized carbons (Fsp3) is 0.250. The molecule has 0 saturated carbocycles. The number of halogens is 1. The zero-order valence-electron chi connectivity index (χ0n) is 15.5. The molecule has 0 aliphatic carbocycles. The van der Waals surface area contributed by atoms with Gasteiger partial charge in [0.2, 0.25) is 0 Å². The van der Waals surface area contributed by atoms with Crippen molar-refractivity contribution in [1.29, 1.82) is 0 Å². The molecule has 2 N–H and O–H groups in total. The van der Waals surface area contributed by atoms with Gasteiger partial charge in [-0.3, -0.25) is 9.59 Å². The van der Waals surface area contributed by atoms with Gasteiger partial charge in [-0.15, -0.1) is 0 Å². The first-order valence-corrected chi connectivity index (χ1v) is 9.03. The lowest BCUT2D eigenvalue weighted by molar-refractivity contribution is -0.148. The molecule has 7 nitrogen and oxygen atoms in total. The summed E-state index contributed by atoms with van der Waals surface area (Å²) in [5.41, 5.74) is 0.722. The molecule has 0 aliphatic heterocycles. The first-order chi connectivity index (χ1) is 13.4. The lowest BCUT2D eigenvalue weighted by Gasteiger charge is -2.14. The van der Waals surface area contributed by atoms with Crippen molar-refractivity contribution in [2.75, 3.05) is 18.5 Å². The lowest BCUT2D eigenvalue weighted by atomic mass is 10.2. The van der Waals surface area contributed by atoms with E-state index < -0.39 is 30.4 Å². The Morgan fingerprint density at radius 2 is 1.75 bits per heavy atom. The van der Waals surface area contributed by atoms with Crippen molar-refractivity contribution in [3.8, 4) is 5.75 Å². The molecule has 0 heterocycles. The third-order valence-electron chi connectivity index (χ3n) is 3.63. The van der Waals surface area contributed by atoms with E-state index in [9.17, 15) is 14.4 Å². The quantitative estimate of drug-likeness (QED) is 0.659. The Balaban J connectivity index is 1.85. The number of anilines is 1. The smallest absolute Gasteiger partial charge is 0.328 e. The van der Waals surface area contributed by atoms with Crippen LogP contribution in [0.4, 0.5) is 5.69 Å². The Labute approximate surface area is 168 Å². The van der Waals surface area contributed by atoms with E-state index in [1.165, 1.54) is 6.92 Å². The van der Waals surface area contributed by atoms with Crippen molar-refractivity contribution >= 4 is 35.1 Å². The number of benzene rings is 2. The molecule has 0 aliphatic rings. The summed E-state index contributed by atoms with van der Waals surface area (Å²) in [4.78, 5) is 36.2. The zero-order valence-corrected chi connectivity index (χ0v) is 16.3. The van der Waals surface area contributed by atoms with Gasteiger partial charge in [0.15, 0.2) is 6.61 Å². The standard InChI is InChI=1S/C20H21ClN2O5/c1-3-27-17-11-7-6-10-16(17)23-18(24)12-28-20(26)13(2)22-19(25)14-8-4-5-9-15(14)21/h4-11,13H,3,12H2,1-2H3,(H,22,25)(H,23,24)/t13-/m0/s1. The largest absolute Gasteiger partial charge is 0.492 e. The minimum atomic E-state index is -0.952. The topological polar surface area (TPSA) is 93.7 Å². The molecule has 0 unspecified atom stereocenters. The first kappa shape index (κ1) is 21.2. The Hall–Kier alpha value is -3.06. The summed E-state index contributed by atoms with van der Waals surface area (Å²) >= 11 is 5.96. The van der Waals surface area contributed by atoms with Gasteiger partial charge in [-0.25, -0.2) is 4.79 Å². The average molecular weight is 405 g/mol. The predicted octanol–water partition coefficient (Wildman–Crippen LogP) is 3.04. The molecule has 28 heavy (non-hydrogen) atoms. The van der Waals surface area contributed by atoms with E-state index in [1.54, 1.807) is 48.5 Å². The second-order valence-electron chi connectivity index (χ2n) is 5.76. The fourth-order valence-electron chi connectivity index (χ4n) is 2.28. The van der Waals surface area contributed by atoms with Crippen LogP contribution in [0.5, 0.6) is 5.75 Å². The molecule has 0 spiro atoms. The van der Waals surface area contributed by atoms with E-state index in [1.807, 2.05) is 6.92 Å². The fourth-order valence-corrected chi connectivity index (χ4v) is 2.50. The molecule has 0 fully saturated rings. The Morgan fingerprint density at radius 3 is 2.46 bits per heavy atom. The number of hydrogen-bond acceptors (Lipinski definition) is 5. The number of carbonyl (C=O) groups excluding carboxylic acids is 3. The summed E-state index contributed by atoms with van der Waals surface area (Å²) in [6, 6.07) is 12.4. The monoisotopic (exact) mass is 404 g/mol. The number of para-hydroxylation sites is 2. The van der Waals surface area contributed by atoms with Crippen LogP contribution in [0.15, 0.2) is 48.5 Å². The molecule has 0 bridgehead atoms. The van der Waals surface area contributed by atoms with Crippen LogP contribution in [0.25, 0.3) is 0 Å². The van der Waals surface area contributed by atoms with Gasteiger partial charge in [-0.2, -0.15) is 0 Å². The van der Waals surface area contributed by atoms with Crippen LogP contribution in [0, 0.1) is 0 Å². The maximum absolute atomic E-state index is 12.2. The number of esters is 1. The maximum Gasteiger partial charge on any atom is 0.328 e. The summed E-state index contributed by atoms with van der Waals surface area (Å²) in [5, 5.41) is 5.38. The highest BCUT2D eigenvalue weighted by Gasteiger charge is 2.20. The van der Waals surface area contributed by atoms with Gasteiger partial charge in [-0.1, -0.05) is 35.9 Å². The Morgan fingerprint density at radius 1 is 1.07 bits per heavy atom. The van der Waals surface area contributed by atoms with Crippen LogP contribution in [-0.2, 0) is 14.3 Å². The molecule has 2 rings (SSSR count). The SMILES string of the molecule is CCOc1ccccc1NC(=O)COC(=O)[C@H](C)NC(=O)c1ccccc1Cl. The zero-order chi connectivity index (χ0) is 20.5. The van der Waals surface area contributed by atoms with Crippen molar-refractivity contribution in [2.45, 2.75) is 19.9 Å². The molecule has 8 heteroatoms. The third-order valence-corrected chi connectivity index (χ3v) is 3.96. The van der Waals surface area contributed by atoms with E-state index in [2.05, 4.69) is 10.6 Å². The summed E-state index contributed by atoms with van der Waals surface area (Å²) in [6.07, 6.45) is 0. The Kier molecular flexibility index (Phi) is 7.83. The van der Waals surface area contributed by atoms with E-state index >= 15 is 0 Å². The third kappa shape index (κ3) is 5.99.